The predicted molar refractivity (Wildman–Crippen MR) is 71.9 cm³/mol. The molecule has 5 heteroatoms. The summed E-state index contributed by atoms with van der Waals surface area (Å²) in [6.45, 7) is 3.85. The maximum atomic E-state index is 12.1. The Bertz CT molecular complexity index is 653. The first-order chi connectivity index (χ1) is 9.15. The number of rotatable bonds is 4. The van der Waals surface area contributed by atoms with Crippen LogP contribution in [-0.4, -0.2) is 17.2 Å². The van der Waals surface area contributed by atoms with Gasteiger partial charge in [0.1, 0.15) is 5.56 Å². The molecule has 0 aliphatic carbocycles. The fourth-order valence-corrected chi connectivity index (χ4v) is 1.83. The number of benzene rings is 1. The van der Waals surface area contributed by atoms with Crippen molar-refractivity contribution in [2.45, 2.75) is 0 Å². The number of carbonyl (C=O) groups is 1. The lowest BCUT2D eigenvalue weighted by atomic mass is 10.1. The molecule has 1 amide bonds. The molecule has 0 fully saturated rings. The highest BCUT2D eigenvalue weighted by molar-refractivity contribution is 5.98. The molecular weight excluding hydrogens is 244 g/mol. The van der Waals surface area contributed by atoms with Crippen molar-refractivity contribution in [3.05, 3.63) is 59.1 Å². The summed E-state index contributed by atoms with van der Waals surface area (Å²) in [6, 6.07) is 8.96. The first-order valence-corrected chi connectivity index (χ1v) is 5.80. The molecule has 1 aromatic heterocycles. The van der Waals surface area contributed by atoms with E-state index in [1.54, 1.807) is 30.3 Å². The third-order valence-corrected chi connectivity index (χ3v) is 2.66. The zero-order chi connectivity index (χ0) is 13.8. The summed E-state index contributed by atoms with van der Waals surface area (Å²) in [4.78, 5) is 23.9. The van der Waals surface area contributed by atoms with Gasteiger partial charge in [0.05, 0.1) is 0 Å². The monoisotopic (exact) mass is 258 g/mol. The summed E-state index contributed by atoms with van der Waals surface area (Å²) in [6.07, 6.45) is 1.57. The lowest BCUT2D eigenvalue weighted by molar-refractivity contribution is 0.0938. The number of nitrogens with one attached hydrogen (secondary N) is 1. The molecular formula is C14H14N2O3. The van der Waals surface area contributed by atoms with Gasteiger partial charge >= 0.3 is 5.63 Å². The molecule has 1 N–H and O–H groups in total. The fourth-order valence-electron chi connectivity index (χ4n) is 1.83. The normalized spacial score (nSPS) is 10.2. The zero-order valence-corrected chi connectivity index (χ0v) is 10.6. The van der Waals surface area contributed by atoms with Crippen LogP contribution in [0.1, 0.15) is 10.5 Å². The molecule has 2 rings (SSSR count). The molecule has 2 aromatic rings. The van der Waals surface area contributed by atoms with Gasteiger partial charge in [-0.25, -0.2) is 9.53 Å². The quantitative estimate of drug-likeness (QED) is 0.846. The Labute approximate surface area is 110 Å². The Kier molecular flexibility index (Phi) is 3.66. The largest absolute Gasteiger partial charge is 0.366 e. The Morgan fingerprint density at radius 2 is 2.11 bits per heavy atom. The maximum Gasteiger partial charge on any atom is 0.366 e. The van der Waals surface area contributed by atoms with Crippen molar-refractivity contribution in [2.75, 3.05) is 6.54 Å². The van der Waals surface area contributed by atoms with Gasteiger partial charge in [-0.1, -0.05) is 36.4 Å². The van der Waals surface area contributed by atoms with Crippen LogP contribution in [0.5, 0.6) is 0 Å². The van der Waals surface area contributed by atoms with Crippen molar-refractivity contribution in [1.29, 1.82) is 0 Å². The lowest BCUT2D eigenvalue weighted by Crippen LogP contribution is -2.26. The molecule has 0 radical (unpaired) electrons. The minimum Gasteiger partial charge on any atom is -0.347 e. The highest BCUT2D eigenvalue weighted by Crippen LogP contribution is 2.20. The van der Waals surface area contributed by atoms with Crippen molar-refractivity contribution >= 4 is 5.91 Å². The summed E-state index contributed by atoms with van der Waals surface area (Å²) < 4.78 is 6.16. The van der Waals surface area contributed by atoms with E-state index in [0.717, 1.165) is 0 Å². The average molecular weight is 258 g/mol. The van der Waals surface area contributed by atoms with Crippen LogP contribution < -0.4 is 10.9 Å². The van der Waals surface area contributed by atoms with E-state index in [1.165, 1.54) is 11.8 Å². The summed E-state index contributed by atoms with van der Waals surface area (Å²) in [7, 11) is 1.52. The van der Waals surface area contributed by atoms with Gasteiger partial charge in [-0.2, -0.15) is 0 Å². The Balaban J connectivity index is 2.53. The number of hydrogen-bond acceptors (Lipinski definition) is 3. The highest BCUT2D eigenvalue weighted by Gasteiger charge is 2.22. The van der Waals surface area contributed by atoms with Crippen LogP contribution in [-0.2, 0) is 7.05 Å². The summed E-state index contributed by atoms with van der Waals surface area (Å²) in [5, 5.41) is 2.64. The van der Waals surface area contributed by atoms with E-state index in [4.69, 9.17) is 4.52 Å². The van der Waals surface area contributed by atoms with Gasteiger partial charge < -0.3 is 9.84 Å². The fraction of sp³-hybridized carbons (Fsp3) is 0.143. The zero-order valence-electron chi connectivity index (χ0n) is 10.6. The number of amides is 1. The van der Waals surface area contributed by atoms with Crippen LogP contribution in [0.25, 0.3) is 11.1 Å². The van der Waals surface area contributed by atoms with Crippen molar-refractivity contribution in [3.63, 3.8) is 0 Å². The molecule has 0 aliphatic heterocycles. The maximum absolute atomic E-state index is 12.1. The van der Waals surface area contributed by atoms with Gasteiger partial charge in [-0.3, -0.25) is 4.79 Å². The number of nitrogens with zero attached hydrogens (tertiary/aromatic N) is 1. The van der Waals surface area contributed by atoms with Crippen LogP contribution in [0.15, 0.2) is 52.3 Å². The van der Waals surface area contributed by atoms with Crippen molar-refractivity contribution < 1.29 is 9.32 Å². The third-order valence-electron chi connectivity index (χ3n) is 2.66. The topological polar surface area (TPSA) is 64.2 Å². The number of carbonyl (C=O) groups excluding carboxylic acids is 1. The first kappa shape index (κ1) is 12.9. The minimum atomic E-state index is -0.530. The molecule has 98 valence electrons. The molecule has 0 atom stereocenters. The van der Waals surface area contributed by atoms with Crippen molar-refractivity contribution in [1.82, 2.24) is 10.1 Å². The van der Waals surface area contributed by atoms with Gasteiger partial charge in [0.15, 0.2) is 5.69 Å². The van der Waals surface area contributed by atoms with Gasteiger partial charge in [0, 0.05) is 13.6 Å². The second-order valence-corrected chi connectivity index (χ2v) is 3.96. The van der Waals surface area contributed by atoms with E-state index in [-0.39, 0.29) is 17.2 Å². The first-order valence-electron chi connectivity index (χ1n) is 5.80. The molecule has 0 saturated heterocycles. The SMILES string of the molecule is C=CCNC(=O)c1c(-c2ccccc2)c(=O)on1C. The number of hydrogen-bond donors (Lipinski definition) is 1. The van der Waals surface area contributed by atoms with E-state index in [0.29, 0.717) is 12.1 Å². The van der Waals surface area contributed by atoms with E-state index >= 15 is 0 Å². The molecule has 0 unspecified atom stereocenters. The summed E-state index contributed by atoms with van der Waals surface area (Å²) in [5.41, 5.74) is 0.598. The molecule has 19 heavy (non-hydrogen) atoms. The van der Waals surface area contributed by atoms with Gasteiger partial charge in [0.25, 0.3) is 5.91 Å². The molecule has 5 nitrogen and oxygen atoms in total. The molecule has 0 aliphatic rings. The van der Waals surface area contributed by atoms with Crippen LogP contribution in [0, 0.1) is 0 Å². The van der Waals surface area contributed by atoms with Gasteiger partial charge in [0.2, 0.25) is 0 Å². The Morgan fingerprint density at radius 3 is 2.74 bits per heavy atom. The van der Waals surface area contributed by atoms with E-state index in [1.807, 2.05) is 6.07 Å². The Hall–Kier alpha value is -2.56. The van der Waals surface area contributed by atoms with Crippen LogP contribution in [0.3, 0.4) is 0 Å². The van der Waals surface area contributed by atoms with Crippen molar-refractivity contribution in [2.24, 2.45) is 7.05 Å². The molecule has 1 aromatic carbocycles. The van der Waals surface area contributed by atoms with Gasteiger partial charge in [-0.15, -0.1) is 6.58 Å². The van der Waals surface area contributed by atoms with E-state index in [9.17, 15) is 9.59 Å². The molecule has 0 bridgehead atoms. The highest BCUT2D eigenvalue weighted by atomic mass is 16.5. The molecule has 1 heterocycles. The number of aromatic nitrogens is 1. The molecule has 0 saturated carbocycles. The van der Waals surface area contributed by atoms with E-state index < -0.39 is 5.63 Å². The predicted octanol–water partition coefficient (Wildman–Crippen LogP) is 1.56. The second kappa shape index (κ2) is 5.39. The third kappa shape index (κ3) is 2.49. The second-order valence-electron chi connectivity index (χ2n) is 3.96. The van der Waals surface area contributed by atoms with E-state index in [2.05, 4.69) is 11.9 Å². The Morgan fingerprint density at radius 1 is 1.42 bits per heavy atom. The smallest absolute Gasteiger partial charge is 0.347 e. The number of aryl methyl sites for hydroxylation is 1. The van der Waals surface area contributed by atoms with Gasteiger partial charge in [-0.05, 0) is 5.56 Å². The van der Waals surface area contributed by atoms with Crippen molar-refractivity contribution in [3.8, 4) is 11.1 Å². The standard InChI is InChI=1S/C14H14N2O3/c1-3-9-15-13(17)12-11(14(18)19-16(12)2)10-7-5-4-6-8-10/h3-8H,1,9H2,2H3,(H,15,17). The molecule has 0 spiro atoms. The lowest BCUT2D eigenvalue weighted by Gasteiger charge is -2.04. The van der Waals surface area contributed by atoms with Crippen LogP contribution >= 0.6 is 0 Å². The van der Waals surface area contributed by atoms with Crippen LogP contribution in [0.4, 0.5) is 0 Å². The van der Waals surface area contributed by atoms with Crippen LogP contribution in [0.2, 0.25) is 0 Å². The average Bonchev–Trinajstić information content (AvgIpc) is 2.71. The summed E-state index contributed by atoms with van der Waals surface area (Å²) >= 11 is 0. The minimum absolute atomic E-state index is 0.207. The summed E-state index contributed by atoms with van der Waals surface area (Å²) in [5.74, 6) is -0.368.